The first-order valence-electron chi connectivity index (χ1n) is 6.84. The van der Waals surface area contributed by atoms with Crippen molar-refractivity contribution >= 4 is 57.4 Å². The van der Waals surface area contributed by atoms with E-state index in [0.29, 0.717) is 16.1 Å². The van der Waals surface area contributed by atoms with E-state index in [9.17, 15) is 9.59 Å². The van der Waals surface area contributed by atoms with Gasteiger partial charge in [0.2, 0.25) is 5.91 Å². The predicted octanol–water partition coefficient (Wildman–Crippen LogP) is 4.00. The quantitative estimate of drug-likeness (QED) is 0.745. The second-order valence-electron chi connectivity index (χ2n) is 4.96. The highest BCUT2D eigenvalue weighted by molar-refractivity contribution is 6.42. The second-order valence-corrected chi connectivity index (χ2v) is 6.21. The van der Waals surface area contributed by atoms with Gasteiger partial charge in [-0.25, -0.2) is 4.98 Å². The summed E-state index contributed by atoms with van der Waals surface area (Å²) >= 11 is 17.9. The fourth-order valence-corrected chi connectivity index (χ4v) is 3.17. The maximum absolute atomic E-state index is 12.3. The van der Waals surface area contributed by atoms with Gasteiger partial charge in [0.25, 0.3) is 5.56 Å². The molecule has 0 atom stereocenters. The van der Waals surface area contributed by atoms with Crippen molar-refractivity contribution in [3.63, 3.8) is 0 Å². The molecule has 0 saturated heterocycles. The van der Waals surface area contributed by atoms with Gasteiger partial charge in [0.1, 0.15) is 6.54 Å². The maximum Gasteiger partial charge on any atom is 0.269 e. The Bertz CT molecular complexity index is 978. The molecule has 1 amide bonds. The van der Waals surface area contributed by atoms with Crippen LogP contribution in [0.2, 0.25) is 15.1 Å². The largest absolute Gasteiger partial charge is 0.322 e. The first-order valence-corrected chi connectivity index (χ1v) is 7.98. The Hall–Kier alpha value is -2.08. The van der Waals surface area contributed by atoms with Gasteiger partial charge in [0, 0.05) is 5.02 Å². The summed E-state index contributed by atoms with van der Waals surface area (Å²) in [4.78, 5) is 28.4. The molecule has 0 aliphatic carbocycles. The van der Waals surface area contributed by atoms with Gasteiger partial charge in [-0.2, -0.15) is 0 Å². The van der Waals surface area contributed by atoms with Gasteiger partial charge >= 0.3 is 0 Å². The zero-order valence-corrected chi connectivity index (χ0v) is 14.4. The Morgan fingerprint density at radius 2 is 1.79 bits per heavy atom. The number of nitrogens with zero attached hydrogens (tertiary/aromatic N) is 2. The summed E-state index contributed by atoms with van der Waals surface area (Å²) in [6.07, 6.45) is 1.18. The minimum Gasteiger partial charge on any atom is -0.322 e. The van der Waals surface area contributed by atoms with E-state index >= 15 is 0 Å². The normalized spacial score (nSPS) is 10.8. The SMILES string of the molecule is O=C(Cn1c(=O)cnc2ccccc21)Nc1c(Cl)cc(Cl)cc1Cl. The highest BCUT2D eigenvalue weighted by atomic mass is 35.5. The van der Waals surface area contributed by atoms with Crippen LogP contribution in [0.5, 0.6) is 0 Å². The molecule has 1 N–H and O–H groups in total. The number of fused-ring (bicyclic) bond motifs is 1. The molecular weight excluding hydrogens is 373 g/mol. The molecule has 0 bridgehead atoms. The first kappa shape index (κ1) is 16.8. The van der Waals surface area contributed by atoms with Gasteiger partial charge in [-0.05, 0) is 24.3 Å². The molecule has 2 aromatic carbocycles. The molecule has 8 heteroatoms. The number of hydrogen-bond donors (Lipinski definition) is 1. The average molecular weight is 383 g/mol. The standard InChI is InChI=1S/C16H10Cl3N3O2/c17-9-5-10(18)16(11(19)6-9)21-14(23)8-22-13-4-2-1-3-12(13)20-7-15(22)24/h1-7H,8H2,(H,21,23). The van der Waals surface area contributed by atoms with Crippen molar-refractivity contribution in [2.24, 2.45) is 0 Å². The molecule has 122 valence electrons. The van der Waals surface area contributed by atoms with Crippen LogP contribution in [0.4, 0.5) is 5.69 Å². The smallest absolute Gasteiger partial charge is 0.269 e. The minimum absolute atomic E-state index is 0.197. The Labute approximate surface area is 151 Å². The van der Waals surface area contributed by atoms with E-state index in [1.165, 1.54) is 22.9 Å². The zero-order valence-electron chi connectivity index (χ0n) is 12.1. The van der Waals surface area contributed by atoms with E-state index in [4.69, 9.17) is 34.8 Å². The van der Waals surface area contributed by atoms with Crippen LogP contribution in [0.25, 0.3) is 11.0 Å². The summed E-state index contributed by atoms with van der Waals surface area (Å²) in [5.41, 5.74) is 1.05. The highest BCUT2D eigenvalue weighted by Gasteiger charge is 2.13. The third-order valence-corrected chi connectivity index (χ3v) is 4.14. The summed E-state index contributed by atoms with van der Waals surface area (Å²) in [6, 6.07) is 9.99. The van der Waals surface area contributed by atoms with Crippen LogP contribution >= 0.6 is 34.8 Å². The van der Waals surface area contributed by atoms with Crippen molar-refractivity contribution in [1.82, 2.24) is 9.55 Å². The fraction of sp³-hybridized carbons (Fsp3) is 0.0625. The van der Waals surface area contributed by atoms with E-state index in [-0.39, 0.29) is 27.8 Å². The van der Waals surface area contributed by atoms with E-state index in [0.717, 1.165) is 0 Å². The highest BCUT2D eigenvalue weighted by Crippen LogP contribution is 2.33. The van der Waals surface area contributed by atoms with Crippen molar-refractivity contribution in [3.8, 4) is 0 Å². The Balaban J connectivity index is 1.92. The minimum atomic E-state index is -0.445. The van der Waals surface area contributed by atoms with Crippen molar-refractivity contribution < 1.29 is 4.79 Å². The molecule has 0 radical (unpaired) electrons. The lowest BCUT2D eigenvalue weighted by atomic mass is 10.3. The van der Waals surface area contributed by atoms with E-state index in [2.05, 4.69) is 10.3 Å². The molecule has 0 unspecified atom stereocenters. The number of para-hydroxylation sites is 2. The summed E-state index contributed by atoms with van der Waals surface area (Å²) < 4.78 is 1.33. The Morgan fingerprint density at radius 1 is 1.12 bits per heavy atom. The van der Waals surface area contributed by atoms with Gasteiger partial charge in [0.15, 0.2) is 0 Å². The number of aromatic nitrogens is 2. The molecule has 1 aromatic heterocycles. The molecule has 0 saturated carbocycles. The molecule has 3 rings (SSSR count). The van der Waals surface area contributed by atoms with Crippen molar-refractivity contribution in [1.29, 1.82) is 0 Å². The lowest BCUT2D eigenvalue weighted by Crippen LogP contribution is -2.28. The first-order chi connectivity index (χ1) is 11.5. The molecule has 5 nitrogen and oxygen atoms in total. The van der Waals surface area contributed by atoms with Crippen LogP contribution in [0.15, 0.2) is 47.4 Å². The van der Waals surface area contributed by atoms with Crippen LogP contribution in [-0.2, 0) is 11.3 Å². The number of rotatable bonds is 3. The molecular formula is C16H10Cl3N3O2. The summed E-state index contributed by atoms with van der Waals surface area (Å²) in [5, 5.41) is 3.40. The van der Waals surface area contributed by atoms with Gasteiger partial charge in [-0.1, -0.05) is 46.9 Å². The van der Waals surface area contributed by atoms with E-state index in [1.54, 1.807) is 24.3 Å². The van der Waals surface area contributed by atoms with Gasteiger partial charge in [-0.3, -0.25) is 14.2 Å². The van der Waals surface area contributed by atoms with Gasteiger partial charge < -0.3 is 5.32 Å². The summed E-state index contributed by atoms with van der Waals surface area (Å²) in [6.45, 7) is -0.197. The van der Waals surface area contributed by atoms with E-state index in [1.807, 2.05) is 0 Å². The van der Waals surface area contributed by atoms with Gasteiger partial charge in [0.05, 0.1) is 33.0 Å². The number of benzene rings is 2. The molecule has 0 aliphatic rings. The van der Waals surface area contributed by atoms with Crippen LogP contribution < -0.4 is 10.9 Å². The van der Waals surface area contributed by atoms with Crippen LogP contribution in [0.3, 0.4) is 0 Å². The molecule has 3 aromatic rings. The molecule has 0 aliphatic heterocycles. The third kappa shape index (κ3) is 3.38. The molecule has 1 heterocycles. The van der Waals surface area contributed by atoms with Crippen LogP contribution in [-0.4, -0.2) is 15.5 Å². The number of amides is 1. The third-order valence-electron chi connectivity index (χ3n) is 3.33. The number of anilines is 1. The molecule has 0 fully saturated rings. The second kappa shape index (κ2) is 6.81. The summed E-state index contributed by atoms with van der Waals surface area (Å²) in [7, 11) is 0. The van der Waals surface area contributed by atoms with Crippen molar-refractivity contribution in [3.05, 3.63) is 68.0 Å². The van der Waals surface area contributed by atoms with Crippen molar-refractivity contribution in [2.45, 2.75) is 6.54 Å². The molecule has 0 spiro atoms. The number of carbonyl (C=O) groups is 1. The number of halogens is 3. The zero-order chi connectivity index (χ0) is 17.3. The lowest BCUT2D eigenvalue weighted by Gasteiger charge is -2.12. The van der Waals surface area contributed by atoms with Gasteiger partial charge in [-0.15, -0.1) is 0 Å². The van der Waals surface area contributed by atoms with Crippen molar-refractivity contribution in [2.75, 3.05) is 5.32 Å². The monoisotopic (exact) mass is 381 g/mol. The average Bonchev–Trinajstić information content (AvgIpc) is 2.53. The Morgan fingerprint density at radius 3 is 2.50 bits per heavy atom. The Kier molecular flexibility index (Phi) is 4.76. The summed E-state index contributed by atoms with van der Waals surface area (Å²) in [5.74, 6) is -0.445. The molecule has 24 heavy (non-hydrogen) atoms. The fourth-order valence-electron chi connectivity index (χ4n) is 2.26. The topological polar surface area (TPSA) is 64.0 Å². The van der Waals surface area contributed by atoms with Crippen LogP contribution in [0, 0.1) is 0 Å². The number of carbonyl (C=O) groups excluding carboxylic acids is 1. The van der Waals surface area contributed by atoms with Crippen LogP contribution in [0.1, 0.15) is 0 Å². The lowest BCUT2D eigenvalue weighted by molar-refractivity contribution is -0.116. The predicted molar refractivity (Wildman–Crippen MR) is 96.1 cm³/mol. The number of nitrogens with one attached hydrogen (secondary N) is 1. The maximum atomic E-state index is 12.3. The number of hydrogen-bond acceptors (Lipinski definition) is 3. The van der Waals surface area contributed by atoms with E-state index < -0.39 is 5.91 Å².